The number of morpholine rings is 1. The van der Waals surface area contributed by atoms with E-state index in [9.17, 15) is 4.79 Å². The molecule has 128 valence electrons. The Bertz CT molecular complexity index is 540. The summed E-state index contributed by atoms with van der Waals surface area (Å²) in [4.78, 5) is 21.8. The van der Waals surface area contributed by atoms with Crippen LogP contribution in [0.2, 0.25) is 0 Å². The number of hydrogen-bond acceptors (Lipinski definition) is 5. The summed E-state index contributed by atoms with van der Waals surface area (Å²) in [5.74, 6) is 1.17. The summed E-state index contributed by atoms with van der Waals surface area (Å²) in [6.07, 6.45) is 0.949. The molecular weight excluding hydrogens is 310 g/mol. The van der Waals surface area contributed by atoms with Crippen LogP contribution in [0.1, 0.15) is 36.3 Å². The maximum atomic E-state index is 12.7. The molecule has 0 aliphatic carbocycles. The maximum absolute atomic E-state index is 12.7. The van der Waals surface area contributed by atoms with E-state index in [-0.39, 0.29) is 5.91 Å². The van der Waals surface area contributed by atoms with Crippen LogP contribution in [0.5, 0.6) is 0 Å². The van der Waals surface area contributed by atoms with Crippen LogP contribution < -0.4 is 0 Å². The van der Waals surface area contributed by atoms with Gasteiger partial charge in [0.25, 0.3) is 5.91 Å². The summed E-state index contributed by atoms with van der Waals surface area (Å²) in [5.41, 5.74) is 0.625. The van der Waals surface area contributed by atoms with Crippen LogP contribution in [0.4, 0.5) is 0 Å². The van der Waals surface area contributed by atoms with Gasteiger partial charge in [0.05, 0.1) is 18.2 Å². The molecule has 2 aliphatic heterocycles. The van der Waals surface area contributed by atoms with Crippen LogP contribution in [-0.4, -0.2) is 66.1 Å². The lowest BCUT2D eigenvalue weighted by Crippen LogP contribution is -2.47. The zero-order valence-electron chi connectivity index (χ0n) is 14.3. The molecule has 0 radical (unpaired) electrons. The Morgan fingerprint density at radius 1 is 1.39 bits per heavy atom. The van der Waals surface area contributed by atoms with Crippen molar-refractivity contribution < 1.29 is 9.53 Å². The third-order valence-electron chi connectivity index (χ3n) is 4.73. The van der Waals surface area contributed by atoms with Crippen molar-refractivity contribution in [1.82, 2.24) is 14.8 Å². The van der Waals surface area contributed by atoms with E-state index in [0.717, 1.165) is 50.8 Å². The Balaban J connectivity index is 1.63. The standard InChI is InChI=1S/C17H27N3O2S/c1-12(2)8-16-18-14(11-23-16)17(21)20-9-13(3)15(10-20)19-4-6-22-7-5-19/h11-13,15H,4-10H2,1-3H3/t13-,15-/m1/s1. The molecule has 3 heterocycles. The molecule has 1 aromatic rings. The molecule has 2 saturated heterocycles. The second-order valence-electron chi connectivity index (χ2n) is 7.13. The van der Waals surface area contributed by atoms with Gasteiger partial charge in [0.2, 0.25) is 0 Å². The molecule has 0 saturated carbocycles. The number of amides is 1. The lowest BCUT2D eigenvalue weighted by atomic mass is 10.0. The van der Waals surface area contributed by atoms with Gasteiger partial charge in [-0.1, -0.05) is 20.8 Å². The third-order valence-corrected chi connectivity index (χ3v) is 5.60. The number of thiazole rings is 1. The van der Waals surface area contributed by atoms with E-state index in [2.05, 4.69) is 30.7 Å². The maximum Gasteiger partial charge on any atom is 0.273 e. The third kappa shape index (κ3) is 3.92. The van der Waals surface area contributed by atoms with Crippen LogP contribution in [0.25, 0.3) is 0 Å². The van der Waals surface area contributed by atoms with E-state index < -0.39 is 0 Å². The second kappa shape index (κ2) is 7.28. The molecule has 0 aromatic carbocycles. The summed E-state index contributed by atoms with van der Waals surface area (Å²) < 4.78 is 5.44. The summed E-state index contributed by atoms with van der Waals surface area (Å²) in [7, 11) is 0. The van der Waals surface area contributed by atoms with Gasteiger partial charge in [0.1, 0.15) is 5.69 Å². The first-order valence-corrected chi connectivity index (χ1v) is 9.48. The fourth-order valence-corrected chi connectivity index (χ4v) is 4.50. The van der Waals surface area contributed by atoms with Gasteiger partial charge in [0, 0.05) is 44.0 Å². The lowest BCUT2D eigenvalue weighted by Gasteiger charge is -2.33. The second-order valence-corrected chi connectivity index (χ2v) is 8.07. The molecule has 23 heavy (non-hydrogen) atoms. The Labute approximate surface area is 142 Å². The Morgan fingerprint density at radius 2 is 2.13 bits per heavy atom. The van der Waals surface area contributed by atoms with Crippen molar-refractivity contribution in [3.05, 3.63) is 16.1 Å². The van der Waals surface area contributed by atoms with E-state index in [4.69, 9.17) is 4.74 Å². The lowest BCUT2D eigenvalue weighted by molar-refractivity contribution is 0.0119. The quantitative estimate of drug-likeness (QED) is 0.844. The first-order chi connectivity index (χ1) is 11.0. The molecule has 1 aromatic heterocycles. The SMILES string of the molecule is CC(C)Cc1nc(C(=O)N2C[C@@H](C)[C@H](N3CCOCC3)C2)cs1. The number of ether oxygens (including phenoxy) is 1. The molecule has 0 unspecified atom stereocenters. The van der Waals surface area contributed by atoms with Crippen molar-refractivity contribution >= 4 is 17.2 Å². The van der Waals surface area contributed by atoms with Gasteiger partial charge in [-0.15, -0.1) is 11.3 Å². The Kier molecular flexibility index (Phi) is 5.34. The molecule has 0 N–H and O–H groups in total. The molecule has 5 nitrogen and oxygen atoms in total. The number of likely N-dealkylation sites (tertiary alicyclic amines) is 1. The van der Waals surface area contributed by atoms with Crippen molar-refractivity contribution in [2.45, 2.75) is 33.2 Å². The van der Waals surface area contributed by atoms with Gasteiger partial charge in [-0.3, -0.25) is 9.69 Å². The molecule has 6 heteroatoms. The predicted molar refractivity (Wildman–Crippen MR) is 91.9 cm³/mol. The fourth-order valence-electron chi connectivity index (χ4n) is 3.51. The van der Waals surface area contributed by atoms with E-state index in [1.165, 1.54) is 0 Å². The van der Waals surface area contributed by atoms with Gasteiger partial charge < -0.3 is 9.64 Å². The Hall–Kier alpha value is -0.980. The summed E-state index contributed by atoms with van der Waals surface area (Å²) in [6, 6.07) is 0.455. The number of rotatable bonds is 4. The first-order valence-electron chi connectivity index (χ1n) is 8.60. The number of carbonyl (C=O) groups is 1. The molecule has 2 aliphatic rings. The first kappa shape index (κ1) is 16.9. The van der Waals surface area contributed by atoms with E-state index in [1.54, 1.807) is 11.3 Å². The van der Waals surface area contributed by atoms with Crippen molar-refractivity contribution in [3.8, 4) is 0 Å². The monoisotopic (exact) mass is 337 g/mol. The molecular formula is C17H27N3O2S. The smallest absolute Gasteiger partial charge is 0.273 e. The summed E-state index contributed by atoms with van der Waals surface area (Å²) in [6.45, 7) is 11.8. The zero-order valence-corrected chi connectivity index (χ0v) is 15.1. The number of aromatic nitrogens is 1. The molecule has 2 fully saturated rings. The van der Waals surface area contributed by atoms with Crippen molar-refractivity contribution in [2.24, 2.45) is 11.8 Å². The summed E-state index contributed by atoms with van der Waals surface area (Å²) in [5, 5.41) is 2.99. The average Bonchev–Trinajstić information content (AvgIpc) is 3.14. The summed E-state index contributed by atoms with van der Waals surface area (Å²) >= 11 is 1.61. The van der Waals surface area contributed by atoms with Crippen LogP contribution >= 0.6 is 11.3 Å². The van der Waals surface area contributed by atoms with Gasteiger partial charge >= 0.3 is 0 Å². The largest absolute Gasteiger partial charge is 0.379 e. The van der Waals surface area contributed by atoms with Gasteiger partial charge in [0.15, 0.2) is 0 Å². The molecule has 2 atom stereocenters. The number of nitrogens with zero attached hydrogens (tertiary/aromatic N) is 3. The zero-order chi connectivity index (χ0) is 16.4. The van der Waals surface area contributed by atoms with Gasteiger partial charge in [-0.2, -0.15) is 0 Å². The average molecular weight is 337 g/mol. The van der Waals surface area contributed by atoms with Crippen LogP contribution in [0.3, 0.4) is 0 Å². The van der Waals surface area contributed by atoms with Crippen LogP contribution in [-0.2, 0) is 11.2 Å². The van der Waals surface area contributed by atoms with Crippen molar-refractivity contribution in [3.63, 3.8) is 0 Å². The number of carbonyl (C=O) groups excluding carboxylic acids is 1. The highest BCUT2D eigenvalue weighted by Crippen LogP contribution is 2.25. The minimum Gasteiger partial charge on any atom is -0.379 e. The molecule has 0 spiro atoms. The van der Waals surface area contributed by atoms with Crippen LogP contribution in [0.15, 0.2) is 5.38 Å². The van der Waals surface area contributed by atoms with E-state index in [0.29, 0.717) is 23.6 Å². The van der Waals surface area contributed by atoms with Gasteiger partial charge in [-0.05, 0) is 11.8 Å². The molecule has 0 bridgehead atoms. The van der Waals surface area contributed by atoms with Gasteiger partial charge in [-0.25, -0.2) is 4.98 Å². The minimum atomic E-state index is 0.0962. The van der Waals surface area contributed by atoms with E-state index >= 15 is 0 Å². The highest BCUT2D eigenvalue weighted by molar-refractivity contribution is 7.09. The number of hydrogen-bond donors (Lipinski definition) is 0. The van der Waals surface area contributed by atoms with Crippen molar-refractivity contribution in [2.75, 3.05) is 39.4 Å². The van der Waals surface area contributed by atoms with Crippen LogP contribution in [0, 0.1) is 11.8 Å². The highest BCUT2D eigenvalue weighted by Gasteiger charge is 2.37. The fraction of sp³-hybridized carbons (Fsp3) is 0.765. The predicted octanol–water partition coefficient (Wildman–Crippen LogP) is 2.13. The minimum absolute atomic E-state index is 0.0962. The molecule has 3 rings (SSSR count). The normalized spacial score (nSPS) is 26.2. The molecule has 1 amide bonds. The van der Waals surface area contributed by atoms with Crippen molar-refractivity contribution in [1.29, 1.82) is 0 Å². The highest BCUT2D eigenvalue weighted by atomic mass is 32.1. The topological polar surface area (TPSA) is 45.7 Å². The Morgan fingerprint density at radius 3 is 2.83 bits per heavy atom. The van der Waals surface area contributed by atoms with E-state index in [1.807, 2.05) is 10.3 Å².